The molecule has 1 aromatic heterocycles. The van der Waals surface area contributed by atoms with Gasteiger partial charge in [0, 0.05) is 6.08 Å². The standard InChI is InChI=1S/C14H7Br2NO3S/c15-10-6-9(20-12(10)16)7-11-13(18)17(14(19)21-11)8-4-2-1-3-5-8/h1-7H/b11-7+. The van der Waals surface area contributed by atoms with Crippen molar-refractivity contribution in [2.45, 2.75) is 0 Å². The van der Waals surface area contributed by atoms with E-state index in [9.17, 15) is 9.59 Å². The Labute approximate surface area is 141 Å². The summed E-state index contributed by atoms with van der Waals surface area (Å²) in [7, 11) is 0. The third-order valence-corrected chi connectivity index (χ3v) is 5.33. The molecule has 0 atom stereocenters. The molecule has 7 heteroatoms. The molecule has 0 saturated carbocycles. The lowest BCUT2D eigenvalue weighted by molar-refractivity contribution is -0.113. The van der Waals surface area contributed by atoms with Gasteiger partial charge in [-0.25, -0.2) is 4.90 Å². The molecule has 1 aliphatic rings. The number of amides is 2. The molecule has 21 heavy (non-hydrogen) atoms. The summed E-state index contributed by atoms with van der Waals surface area (Å²) >= 11 is 7.43. The first-order valence-corrected chi connectivity index (χ1v) is 8.24. The molecule has 1 saturated heterocycles. The number of thioether (sulfide) groups is 1. The predicted molar refractivity (Wildman–Crippen MR) is 89.0 cm³/mol. The fourth-order valence-corrected chi connectivity index (χ4v) is 3.26. The average Bonchev–Trinajstić information content (AvgIpc) is 2.91. The van der Waals surface area contributed by atoms with E-state index in [2.05, 4.69) is 31.9 Å². The van der Waals surface area contributed by atoms with E-state index >= 15 is 0 Å². The van der Waals surface area contributed by atoms with Crippen molar-refractivity contribution < 1.29 is 14.0 Å². The molecule has 0 unspecified atom stereocenters. The fraction of sp³-hybridized carbons (Fsp3) is 0. The number of hydrogen-bond donors (Lipinski definition) is 0. The molecule has 1 aromatic carbocycles. The highest BCUT2D eigenvalue weighted by molar-refractivity contribution is 9.13. The monoisotopic (exact) mass is 427 g/mol. The number of carbonyl (C=O) groups excluding carboxylic acids is 2. The van der Waals surface area contributed by atoms with Gasteiger partial charge in [0.15, 0.2) is 4.67 Å². The number of rotatable bonds is 2. The van der Waals surface area contributed by atoms with Crippen LogP contribution in [0.5, 0.6) is 0 Å². The molecule has 3 rings (SSSR count). The number of furan rings is 1. The van der Waals surface area contributed by atoms with Crippen LogP contribution in [0.25, 0.3) is 6.08 Å². The van der Waals surface area contributed by atoms with Crippen LogP contribution in [-0.4, -0.2) is 11.1 Å². The number of imide groups is 1. The Bertz CT molecular complexity index is 735. The quantitative estimate of drug-likeness (QED) is 0.628. The third kappa shape index (κ3) is 2.86. The van der Waals surface area contributed by atoms with Gasteiger partial charge < -0.3 is 4.42 Å². The predicted octanol–water partition coefficient (Wildman–Crippen LogP) is 5.05. The number of para-hydroxylation sites is 1. The van der Waals surface area contributed by atoms with Crippen LogP contribution in [0.3, 0.4) is 0 Å². The molecule has 1 fully saturated rings. The summed E-state index contributed by atoms with van der Waals surface area (Å²) < 4.78 is 6.68. The normalized spacial score (nSPS) is 17.0. The number of halogens is 2. The van der Waals surface area contributed by atoms with E-state index in [0.29, 0.717) is 21.0 Å². The van der Waals surface area contributed by atoms with Gasteiger partial charge in [-0.2, -0.15) is 0 Å². The van der Waals surface area contributed by atoms with Crippen LogP contribution in [0.4, 0.5) is 10.5 Å². The van der Waals surface area contributed by atoms with E-state index in [4.69, 9.17) is 4.42 Å². The lowest BCUT2D eigenvalue weighted by Crippen LogP contribution is -2.27. The van der Waals surface area contributed by atoms with Crippen molar-refractivity contribution in [3.63, 3.8) is 0 Å². The van der Waals surface area contributed by atoms with E-state index in [1.54, 1.807) is 36.4 Å². The summed E-state index contributed by atoms with van der Waals surface area (Å²) in [6.07, 6.45) is 1.56. The van der Waals surface area contributed by atoms with Crippen LogP contribution in [-0.2, 0) is 4.79 Å². The third-order valence-electron chi connectivity index (χ3n) is 2.75. The maximum atomic E-state index is 12.4. The molecule has 2 aromatic rings. The fourth-order valence-electron chi connectivity index (χ4n) is 1.83. The molecule has 0 bridgehead atoms. The number of nitrogens with zero attached hydrogens (tertiary/aromatic N) is 1. The lowest BCUT2D eigenvalue weighted by atomic mass is 10.3. The molecule has 4 nitrogen and oxygen atoms in total. The molecule has 0 N–H and O–H groups in total. The first-order chi connectivity index (χ1) is 10.1. The molecule has 1 aliphatic heterocycles. The van der Waals surface area contributed by atoms with Gasteiger partial charge in [-0.1, -0.05) is 18.2 Å². The minimum absolute atomic E-state index is 0.317. The van der Waals surface area contributed by atoms with Crippen molar-refractivity contribution in [2.24, 2.45) is 0 Å². The summed E-state index contributed by atoms with van der Waals surface area (Å²) in [6.45, 7) is 0. The number of carbonyl (C=O) groups is 2. The van der Waals surface area contributed by atoms with Crippen molar-refractivity contribution in [3.8, 4) is 0 Å². The zero-order valence-corrected chi connectivity index (χ0v) is 14.4. The zero-order chi connectivity index (χ0) is 15.0. The summed E-state index contributed by atoms with van der Waals surface area (Å²) in [5, 5.41) is -0.317. The number of anilines is 1. The number of benzene rings is 1. The number of hydrogen-bond acceptors (Lipinski definition) is 4. The highest BCUT2D eigenvalue weighted by atomic mass is 79.9. The first kappa shape index (κ1) is 14.6. The Morgan fingerprint density at radius 3 is 2.48 bits per heavy atom. The minimum Gasteiger partial charge on any atom is -0.449 e. The van der Waals surface area contributed by atoms with E-state index in [-0.39, 0.29) is 11.1 Å². The van der Waals surface area contributed by atoms with E-state index in [0.717, 1.165) is 21.1 Å². The summed E-state index contributed by atoms with van der Waals surface area (Å²) in [6, 6.07) is 10.6. The summed E-state index contributed by atoms with van der Waals surface area (Å²) in [5.74, 6) is 0.146. The second-order valence-electron chi connectivity index (χ2n) is 4.12. The Balaban J connectivity index is 1.93. The molecular formula is C14H7Br2NO3S. The molecule has 0 radical (unpaired) electrons. The highest BCUT2D eigenvalue weighted by Crippen LogP contribution is 2.36. The van der Waals surface area contributed by atoms with Gasteiger partial charge in [0.05, 0.1) is 15.1 Å². The first-order valence-electron chi connectivity index (χ1n) is 5.84. The minimum atomic E-state index is -0.347. The van der Waals surface area contributed by atoms with Crippen molar-refractivity contribution in [1.82, 2.24) is 0 Å². The van der Waals surface area contributed by atoms with Crippen LogP contribution in [0, 0.1) is 0 Å². The Morgan fingerprint density at radius 2 is 1.86 bits per heavy atom. The van der Waals surface area contributed by atoms with Crippen LogP contribution in [0.15, 0.2) is 54.9 Å². The lowest BCUT2D eigenvalue weighted by Gasteiger charge is -2.11. The summed E-state index contributed by atoms with van der Waals surface area (Å²) in [4.78, 5) is 25.9. The van der Waals surface area contributed by atoms with Crippen LogP contribution >= 0.6 is 43.6 Å². The topological polar surface area (TPSA) is 50.5 Å². The molecule has 2 heterocycles. The zero-order valence-electron chi connectivity index (χ0n) is 10.4. The van der Waals surface area contributed by atoms with Crippen molar-refractivity contribution in [2.75, 3.05) is 4.90 Å². The highest BCUT2D eigenvalue weighted by Gasteiger charge is 2.36. The van der Waals surface area contributed by atoms with E-state index in [1.807, 2.05) is 6.07 Å². The Hall–Kier alpha value is -1.31. The summed E-state index contributed by atoms with van der Waals surface area (Å²) in [5.41, 5.74) is 0.560. The van der Waals surface area contributed by atoms with Crippen molar-refractivity contribution in [3.05, 3.63) is 56.2 Å². The van der Waals surface area contributed by atoms with Gasteiger partial charge in [-0.05, 0) is 61.8 Å². The van der Waals surface area contributed by atoms with Gasteiger partial charge in [0.25, 0.3) is 11.1 Å². The average molecular weight is 429 g/mol. The van der Waals surface area contributed by atoms with Gasteiger partial charge in [-0.3, -0.25) is 9.59 Å². The van der Waals surface area contributed by atoms with Gasteiger partial charge in [0.1, 0.15) is 5.76 Å². The van der Waals surface area contributed by atoms with E-state index in [1.165, 1.54) is 0 Å². The van der Waals surface area contributed by atoms with Crippen LogP contribution < -0.4 is 4.90 Å². The molecule has 0 aliphatic carbocycles. The van der Waals surface area contributed by atoms with E-state index < -0.39 is 0 Å². The largest absolute Gasteiger partial charge is 0.449 e. The molecule has 0 spiro atoms. The van der Waals surface area contributed by atoms with Gasteiger partial charge in [-0.15, -0.1) is 0 Å². The van der Waals surface area contributed by atoms with Crippen molar-refractivity contribution >= 4 is 66.5 Å². The molecule has 106 valence electrons. The maximum absolute atomic E-state index is 12.4. The second kappa shape index (κ2) is 5.82. The Morgan fingerprint density at radius 1 is 1.14 bits per heavy atom. The molecular weight excluding hydrogens is 422 g/mol. The van der Waals surface area contributed by atoms with Crippen LogP contribution in [0.1, 0.15) is 5.76 Å². The second-order valence-corrected chi connectivity index (χ2v) is 6.69. The SMILES string of the molecule is O=C1S/C(=C/c2cc(Br)c(Br)o2)C(=O)N1c1ccccc1. The van der Waals surface area contributed by atoms with Crippen LogP contribution in [0.2, 0.25) is 0 Å². The smallest absolute Gasteiger partial charge is 0.298 e. The van der Waals surface area contributed by atoms with Gasteiger partial charge >= 0.3 is 0 Å². The van der Waals surface area contributed by atoms with Gasteiger partial charge in [0.2, 0.25) is 0 Å². The van der Waals surface area contributed by atoms with Crippen molar-refractivity contribution in [1.29, 1.82) is 0 Å². The Kier molecular flexibility index (Phi) is 4.05. The molecule has 2 amide bonds. The maximum Gasteiger partial charge on any atom is 0.298 e.